The third kappa shape index (κ3) is 3.76. The summed E-state index contributed by atoms with van der Waals surface area (Å²) in [4.78, 5) is 2.44. The standard InChI is InChI=1S/C8H17N.C2H6/c1-7-4-5-9(3)8(2)6-7;1-2/h7-8H,4-6H2,1-3H3;1-2H3/t7-,8+;/m1./s1. The molecular weight excluding hydrogens is 134 g/mol. The number of likely N-dealkylation sites (tertiary alicyclic amines) is 1. The summed E-state index contributed by atoms with van der Waals surface area (Å²) in [5.41, 5.74) is 0. The Kier molecular flexibility index (Phi) is 5.57. The van der Waals surface area contributed by atoms with Gasteiger partial charge in [-0.2, -0.15) is 0 Å². The van der Waals surface area contributed by atoms with E-state index in [-0.39, 0.29) is 0 Å². The smallest absolute Gasteiger partial charge is 0.00664 e. The molecule has 1 fully saturated rings. The van der Waals surface area contributed by atoms with Crippen LogP contribution in [-0.4, -0.2) is 24.5 Å². The summed E-state index contributed by atoms with van der Waals surface area (Å²) in [6.45, 7) is 9.96. The van der Waals surface area contributed by atoms with Crippen LogP contribution in [0.15, 0.2) is 0 Å². The van der Waals surface area contributed by atoms with Crippen molar-refractivity contribution in [2.24, 2.45) is 5.92 Å². The highest BCUT2D eigenvalue weighted by Crippen LogP contribution is 2.19. The lowest BCUT2D eigenvalue weighted by molar-refractivity contribution is 0.162. The zero-order valence-corrected chi connectivity index (χ0v) is 8.72. The van der Waals surface area contributed by atoms with E-state index >= 15 is 0 Å². The molecule has 1 heteroatoms. The van der Waals surface area contributed by atoms with Crippen molar-refractivity contribution in [1.29, 1.82) is 0 Å². The third-order valence-electron chi connectivity index (χ3n) is 2.47. The van der Waals surface area contributed by atoms with E-state index in [1.807, 2.05) is 13.8 Å². The summed E-state index contributed by atoms with van der Waals surface area (Å²) < 4.78 is 0. The Labute approximate surface area is 71.8 Å². The molecule has 1 aliphatic rings. The molecule has 0 aromatic heterocycles. The van der Waals surface area contributed by atoms with E-state index in [1.54, 1.807) is 0 Å². The number of hydrogen-bond donors (Lipinski definition) is 0. The molecule has 1 aliphatic heterocycles. The fourth-order valence-electron chi connectivity index (χ4n) is 1.52. The highest BCUT2D eigenvalue weighted by atomic mass is 15.1. The van der Waals surface area contributed by atoms with E-state index in [1.165, 1.54) is 19.4 Å². The number of rotatable bonds is 0. The van der Waals surface area contributed by atoms with E-state index < -0.39 is 0 Å². The van der Waals surface area contributed by atoms with Gasteiger partial charge < -0.3 is 4.90 Å². The van der Waals surface area contributed by atoms with Gasteiger partial charge in [0.25, 0.3) is 0 Å². The van der Waals surface area contributed by atoms with Crippen molar-refractivity contribution in [3.63, 3.8) is 0 Å². The van der Waals surface area contributed by atoms with Crippen molar-refractivity contribution < 1.29 is 0 Å². The molecule has 2 atom stereocenters. The zero-order chi connectivity index (χ0) is 8.85. The van der Waals surface area contributed by atoms with Crippen LogP contribution in [0.5, 0.6) is 0 Å². The SMILES string of the molecule is CC.C[C@@H]1CCN(C)[C@@H](C)C1. The molecule has 1 nitrogen and oxygen atoms in total. The quantitative estimate of drug-likeness (QED) is 0.522. The largest absolute Gasteiger partial charge is 0.304 e. The fourth-order valence-corrected chi connectivity index (χ4v) is 1.52. The van der Waals surface area contributed by atoms with Gasteiger partial charge in [-0.1, -0.05) is 20.8 Å². The number of hydrogen-bond acceptors (Lipinski definition) is 1. The molecule has 1 rings (SSSR count). The van der Waals surface area contributed by atoms with Crippen LogP contribution in [0.4, 0.5) is 0 Å². The first-order valence-electron chi connectivity index (χ1n) is 4.90. The van der Waals surface area contributed by atoms with Crippen molar-refractivity contribution in [3.8, 4) is 0 Å². The van der Waals surface area contributed by atoms with Crippen LogP contribution in [0.2, 0.25) is 0 Å². The molecule has 0 radical (unpaired) electrons. The van der Waals surface area contributed by atoms with Gasteiger partial charge in [-0.05, 0) is 39.3 Å². The molecule has 68 valence electrons. The summed E-state index contributed by atoms with van der Waals surface area (Å²) in [6, 6.07) is 0.814. The van der Waals surface area contributed by atoms with Crippen LogP contribution < -0.4 is 0 Å². The lowest BCUT2D eigenvalue weighted by Gasteiger charge is -2.33. The normalized spacial score (nSPS) is 32.5. The monoisotopic (exact) mass is 157 g/mol. The Bertz CT molecular complexity index is 90.9. The van der Waals surface area contributed by atoms with Gasteiger partial charge >= 0.3 is 0 Å². The topological polar surface area (TPSA) is 3.24 Å². The average Bonchev–Trinajstić information content (AvgIpc) is 2.02. The molecule has 0 amide bonds. The first kappa shape index (κ1) is 11.0. The van der Waals surface area contributed by atoms with E-state index in [0.29, 0.717) is 0 Å². The van der Waals surface area contributed by atoms with Gasteiger partial charge in [0.2, 0.25) is 0 Å². The lowest BCUT2D eigenvalue weighted by atomic mass is 9.94. The van der Waals surface area contributed by atoms with Gasteiger partial charge in [0.15, 0.2) is 0 Å². The predicted molar refractivity (Wildman–Crippen MR) is 51.8 cm³/mol. The molecule has 11 heavy (non-hydrogen) atoms. The van der Waals surface area contributed by atoms with E-state index in [2.05, 4.69) is 25.8 Å². The van der Waals surface area contributed by atoms with E-state index in [0.717, 1.165) is 12.0 Å². The Morgan fingerprint density at radius 1 is 1.18 bits per heavy atom. The molecular formula is C10H23N. The summed E-state index contributed by atoms with van der Waals surface area (Å²) in [5.74, 6) is 0.955. The number of nitrogens with zero attached hydrogens (tertiary/aromatic N) is 1. The molecule has 0 unspecified atom stereocenters. The van der Waals surface area contributed by atoms with Gasteiger partial charge in [0, 0.05) is 6.04 Å². The molecule has 0 aromatic rings. The van der Waals surface area contributed by atoms with Gasteiger partial charge in [-0.3, -0.25) is 0 Å². The lowest BCUT2D eigenvalue weighted by Crippen LogP contribution is -2.36. The second-order valence-corrected chi connectivity index (χ2v) is 3.46. The van der Waals surface area contributed by atoms with E-state index in [4.69, 9.17) is 0 Å². The number of piperidine rings is 1. The Morgan fingerprint density at radius 3 is 2.09 bits per heavy atom. The maximum absolute atomic E-state index is 2.44. The van der Waals surface area contributed by atoms with Crippen LogP contribution in [0.3, 0.4) is 0 Å². The van der Waals surface area contributed by atoms with Crippen LogP contribution in [0.25, 0.3) is 0 Å². The minimum Gasteiger partial charge on any atom is -0.304 e. The highest BCUT2D eigenvalue weighted by molar-refractivity contribution is 4.73. The second kappa shape index (κ2) is 5.59. The van der Waals surface area contributed by atoms with Gasteiger partial charge in [0.05, 0.1) is 0 Å². The average molecular weight is 157 g/mol. The van der Waals surface area contributed by atoms with Gasteiger partial charge in [-0.25, -0.2) is 0 Å². The third-order valence-corrected chi connectivity index (χ3v) is 2.47. The summed E-state index contributed by atoms with van der Waals surface area (Å²) in [5, 5.41) is 0. The molecule has 0 aromatic carbocycles. The molecule has 1 heterocycles. The predicted octanol–water partition coefficient (Wildman–Crippen LogP) is 2.76. The summed E-state index contributed by atoms with van der Waals surface area (Å²) in [7, 11) is 2.22. The van der Waals surface area contributed by atoms with Gasteiger partial charge in [0.1, 0.15) is 0 Å². The van der Waals surface area contributed by atoms with Crippen LogP contribution in [0.1, 0.15) is 40.5 Å². The first-order valence-corrected chi connectivity index (χ1v) is 4.90. The van der Waals surface area contributed by atoms with Crippen LogP contribution in [0, 0.1) is 5.92 Å². The van der Waals surface area contributed by atoms with Crippen molar-refractivity contribution in [1.82, 2.24) is 4.90 Å². The molecule has 1 saturated heterocycles. The zero-order valence-electron chi connectivity index (χ0n) is 8.72. The molecule has 0 aliphatic carbocycles. The molecule has 0 N–H and O–H groups in total. The minimum atomic E-state index is 0.814. The first-order chi connectivity index (χ1) is 5.20. The fraction of sp³-hybridized carbons (Fsp3) is 1.00. The molecule has 0 spiro atoms. The Balaban J connectivity index is 0.000000461. The van der Waals surface area contributed by atoms with Crippen LogP contribution in [-0.2, 0) is 0 Å². The maximum Gasteiger partial charge on any atom is 0.00664 e. The van der Waals surface area contributed by atoms with Crippen molar-refractivity contribution in [3.05, 3.63) is 0 Å². The Hall–Kier alpha value is -0.0400. The van der Waals surface area contributed by atoms with Crippen molar-refractivity contribution in [2.45, 2.75) is 46.6 Å². The Morgan fingerprint density at radius 2 is 1.73 bits per heavy atom. The minimum absolute atomic E-state index is 0.814. The van der Waals surface area contributed by atoms with Gasteiger partial charge in [-0.15, -0.1) is 0 Å². The van der Waals surface area contributed by atoms with Crippen molar-refractivity contribution in [2.75, 3.05) is 13.6 Å². The summed E-state index contributed by atoms with van der Waals surface area (Å²) in [6.07, 6.45) is 2.78. The maximum atomic E-state index is 2.44. The van der Waals surface area contributed by atoms with Crippen molar-refractivity contribution >= 4 is 0 Å². The highest BCUT2D eigenvalue weighted by Gasteiger charge is 2.18. The summed E-state index contributed by atoms with van der Waals surface area (Å²) >= 11 is 0. The molecule has 0 saturated carbocycles. The van der Waals surface area contributed by atoms with Crippen LogP contribution >= 0.6 is 0 Å². The molecule has 0 bridgehead atoms. The second-order valence-electron chi connectivity index (χ2n) is 3.46. The van der Waals surface area contributed by atoms with E-state index in [9.17, 15) is 0 Å².